The van der Waals surface area contributed by atoms with E-state index in [1.807, 2.05) is 0 Å². The van der Waals surface area contributed by atoms with E-state index in [0.29, 0.717) is 12.5 Å². The van der Waals surface area contributed by atoms with Gasteiger partial charge in [0.2, 0.25) is 11.8 Å². The zero-order chi connectivity index (χ0) is 21.6. The normalized spacial score (nSPS) is 37.6. The van der Waals surface area contributed by atoms with Crippen LogP contribution in [-0.4, -0.2) is 35.2 Å². The topological polar surface area (TPSA) is 79.6 Å². The number of amides is 2. The predicted molar refractivity (Wildman–Crippen MR) is 96.0 cm³/mol. The number of halogens is 3. The molecule has 3 heterocycles. The first-order chi connectivity index (χ1) is 14.0. The van der Waals surface area contributed by atoms with Crippen molar-refractivity contribution in [2.24, 2.45) is 11.8 Å². The van der Waals surface area contributed by atoms with Gasteiger partial charge in [-0.3, -0.25) is 9.59 Å². The van der Waals surface area contributed by atoms with Crippen molar-refractivity contribution < 1.29 is 32.2 Å². The molecule has 2 amide bonds. The number of nitrogens with zero attached hydrogens (tertiary/aromatic N) is 2. The van der Waals surface area contributed by atoms with Crippen LogP contribution in [0.2, 0.25) is 0 Å². The van der Waals surface area contributed by atoms with Gasteiger partial charge in [-0.25, -0.2) is 4.90 Å². The lowest BCUT2D eigenvalue weighted by Gasteiger charge is -2.35. The number of fused-ring (bicyclic) bond motifs is 5. The molecular formula is C21H19F3N2O4. The maximum absolute atomic E-state index is 13.4. The van der Waals surface area contributed by atoms with Gasteiger partial charge >= 0.3 is 6.18 Å². The van der Waals surface area contributed by atoms with Crippen LogP contribution in [0.1, 0.15) is 44.2 Å². The summed E-state index contributed by atoms with van der Waals surface area (Å²) >= 11 is 0. The van der Waals surface area contributed by atoms with Crippen molar-refractivity contribution in [2.45, 2.75) is 62.7 Å². The first-order valence-electron chi connectivity index (χ1n) is 9.84. The largest absolute Gasteiger partial charge is 0.417 e. The van der Waals surface area contributed by atoms with Gasteiger partial charge in [-0.15, -0.1) is 0 Å². The van der Waals surface area contributed by atoms with Gasteiger partial charge in [0, 0.05) is 6.42 Å². The van der Waals surface area contributed by atoms with Crippen molar-refractivity contribution in [3.63, 3.8) is 0 Å². The Morgan fingerprint density at radius 3 is 2.47 bits per heavy atom. The summed E-state index contributed by atoms with van der Waals surface area (Å²) in [6.07, 6.45) is -2.65. The fourth-order valence-corrected chi connectivity index (χ4v) is 5.37. The molecule has 4 aliphatic rings. The Labute approximate surface area is 170 Å². The van der Waals surface area contributed by atoms with Crippen LogP contribution in [0.15, 0.2) is 18.2 Å². The Balaban J connectivity index is 1.54. The van der Waals surface area contributed by atoms with Crippen molar-refractivity contribution >= 4 is 17.5 Å². The summed E-state index contributed by atoms with van der Waals surface area (Å²) in [7, 11) is 0. The summed E-state index contributed by atoms with van der Waals surface area (Å²) in [6.45, 7) is 3.52. The second-order valence-corrected chi connectivity index (χ2v) is 8.93. The molecule has 2 bridgehead atoms. The molecule has 5 atom stereocenters. The van der Waals surface area contributed by atoms with E-state index in [0.717, 1.165) is 23.8 Å². The van der Waals surface area contributed by atoms with Crippen LogP contribution < -0.4 is 4.90 Å². The number of nitriles is 1. The summed E-state index contributed by atoms with van der Waals surface area (Å²) in [6, 6.07) is 4.39. The highest BCUT2D eigenvalue weighted by molar-refractivity contribution is 6.23. The monoisotopic (exact) mass is 420 g/mol. The molecule has 0 N–H and O–H groups in total. The summed E-state index contributed by atoms with van der Waals surface area (Å²) in [5, 5.41) is 9.00. The lowest BCUT2D eigenvalue weighted by molar-refractivity contribution is -0.139. The van der Waals surface area contributed by atoms with Crippen LogP contribution in [0.5, 0.6) is 0 Å². The minimum Gasteiger partial charge on any atom is -0.372 e. The van der Waals surface area contributed by atoms with Crippen LogP contribution in [0.4, 0.5) is 18.9 Å². The highest BCUT2D eigenvalue weighted by atomic mass is 19.4. The van der Waals surface area contributed by atoms with E-state index in [2.05, 4.69) is 0 Å². The standard InChI is InChI=1S/C21H19F3N2O4/c1-19-8-14(29-12-5-6-12)20(2,30-19)16-15(19)17(27)26(18(16)28)11-4-3-10(9-25)13(7-11)21(22,23)24/h3-4,7,12,14-16H,5-6,8H2,1-2H3. The number of benzene rings is 1. The van der Waals surface area contributed by atoms with Crippen molar-refractivity contribution in [1.29, 1.82) is 5.26 Å². The predicted octanol–water partition coefficient (Wildman–Crippen LogP) is 3.18. The van der Waals surface area contributed by atoms with Gasteiger partial charge < -0.3 is 9.47 Å². The highest BCUT2D eigenvalue weighted by Crippen LogP contribution is 2.62. The molecule has 0 radical (unpaired) electrons. The van der Waals surface area contributed by atoms with Crippen LogP contribution in [-0.2, 0) is 25.2 Å². The molecule has 0 aromatic heterocycles. The van der Waals surface area contributed by atoms with Crippen molar-refractivity contribution in [1.82, 2.24) is 0 Å². The molecule has 158 valence electrons. The minimum atomic E-state index is -4.79. The number of alkyl halides is 3. The van der Waals surface area contributed by atoms with Gasteiger partial charge in [-0.1, -0.05) is 0 Å². The number of hydrogen-bond acceptors (Lipinski definition) is 5. The van der Waals surface area contributed by atoms with E-state index in [9.17, 15) is 22.8 Å². The summed E-state index contributed by atoms with van der Waals surface area (Å²) < 4.78 is 52.4. The average Bonchev–Trinajstić information content (AvgIpc) is 3.31. The summed E-state index contributed by atoms with van der Waals surface area (Å²) in [5.74, 6) is -2.76. The van der Waals surface area contributed by atoms with Gasteiger partial charge in [0.15, 0.2) is 0 Å². The van der Waals surface area contributed by atoms with E-state index in [4.69, 9.17) is 14.7 Å². The molecular weight excluding hydrogens is 401 g/mol. The molecule has 1 aromatic rings. The van der Waals surface area contributed by atoms with Crippen LogP contribution in [0, 0.1) is 23.2 Å². The fourth-order valence-electron chi connectivity index (χ4n) is 5.37. The molecule has 1 aliphatic carbocycles. The Morgan fingerprint density at radius 2 is 1.87 bits per heavy atom. The Bertz CT molecular complexity index is 1010. The van der Waals surface area contributed by atoms with E-state index < -0.39 is 52.2 Å². The van der Waals surface area contributed by atoms with E-state index >= 15 is 0 Å². The number of carbonyl (C=O) groups excluding carboxylic acids is 2. The molecule has 6 nitrogen and oxygen atoms in total. The number of hydrogen-bond donors (Lipinski definition) is 0. The minimum absolute atomic E-state index is 0.132. The van der Waals surface area contributed by atoms with Crippen molar-refractivity contribution in [3.8, 4) is 6.07 Å². The van der Waals surface area contributed by atoms with Crippen molar-refractivity contribution in [2.75, 3.05) is 4.90 Å². The lowest BCUT2D eigenvalue weighted by Crippen LogP contribution is -2.50. The first kappa shape index (κ1) is 19.5. The van der Waals surface area contributed by atoms with E-state index in [-0.39, 0.29) is 17.9 Å². The third-order valence-corrected chi connectivity index (χ3v) is 6.83. The number of rotatable bonds is 3. The van der Waals surface area contributed by atoms with Crippen LogP contribution in [0.25, 0.3) is 0 Å². The Kier molecular flexibility index (Phi) is 3.79. The van der Waals surface area contributed by atoms with E-state index in [1.165, 1.54) is 12.1 Å². The first-order valence-corrected chi connectivity index (χ1v) is 9.84. The molecule has 9 heteroatoms. The number of imide groups is 1. The summed E-state index contributed by atoms with van der Waals surface area (Å²) in [5.41, 5.74) is -3.85. The Hall–Kier alpha value is -2.44. The third-order valence-electron chi connectivity index (χ3n) is 6.83. The van der Waals surface area contributed by atoms with Crippen LogP contribution in [0.3, 0.4) is 0 Å². The van der Waals surface area contributed by atoms with E-state index in [1.54, 1.807) is 13.8 Å². The molecule has 3 aliphatic heterocycles. The quantitative estimate of drug-likeness (QED) is 0.702. The number of carbonyl (C=O) groups is 2. The second-order valence-electron chi connectivity index (χ2n) is 8.93. The molecule has 1 aromatic carbocycles. The molecule has 4 fully saturated rings. The molecule has 1 saturated carbocycles. The lowest BCUT2D eigenvalue weighted by atomic mass is 9.67. The molecule has 5 rings (SSSR count). The van der Waals surface area contributed by atoms with Gasteiger partial charge in [-0.05, 0) is 44.9 Å². The molecule has 0 spiro atoms. The summed E-state index contributed by atoms with van der Waals surface area (Å²) in [4.78, 5) is 27.4. The maximum atomic E-state index is 13.4. The average molecular weight is 420 g/mol. The zero-order valence-electron chi connectivity index (χ0n) is 16.3. The Morgan fingerprint density at radius 1 is 1.20 bits per heavy atom. The van der Waals surface area contributed by atoms with Crippen LogP contribution >= 0.6 is 0 Å². The van der Waals surface area contributed by atoms with Gasteiger partial charge in [0.25, 0.3) is 0 Å². The smallest absolute Gasteiger partial charge is 0.372 e. The fraction of sp³-hybridized carbons (Fsp3) is 0.571. The van der Waals surface area contributed by atoms with Crippen molar-refractivity contribution in [3.05, 3.63) is 29.3 Å². The van der Waals surface area contributed by atoms with Gasteiger partial charge in [-0.2, -0.15) is 18.4 Å². The zero-order valence-corrected chi connectivity index (χ0v) is 16.3. The number of ether oxygens (including phenoxy) is 2. The highest BCUT2D eigenvalue weighted by Gasteiger charge is 2.76. The maximum Gasteiger partial charge on any atom is 0.417 e. The molecule has 5 unspecified atom stereocenters. The molecule has 30 heavy (non-hydrogen) atoms. The number of anilines is 1. The SMILES string of the molecule is CC12CC(OC3CC3)C(C)(O1)C1C(=O)N(c3ccc(C#N)c(C(F)(F)F)c3)C(=O)C12. The van der Waals surface area contributed by atoms with Gasteiger partial charge in [0.05, 0.1) is 52.5 Å². The second kappa shape index (κ2) is 5.83. The molecule has 3 saturated heterocycles. The third kappa shape index (κ3) is 2.50. The van der Waals surface area contributed by atoms with Gasteiger partial charge in [0.1, 0.15) is 5.60 Å².